The van der Waals surface area contributed by atoms with Gasteiger partial charge in [-0.15, -0.1) is 0 Å². The third-order valence-electron chi connectivity index (χ3n) is 6.66. The fourth-order valence-corrected chi connectivity index (χ4v) is 6.83. The molecule has 0 spiro atoms. The van der Waals surface area contributed by atoms with Crippen molar-refractivity contribution in [1.82, 2.24) is 0 Å². The monoisotopic (exact) mass is 449 g/mol. The maximum atomic E-state index is 15.5. The van der Waals surface area contributed by atoms with Crippen molar-refractivity contribution >= 4 is 10.9 Å². The second kappa shape index (κ2) is 10.6. The van der Waals surface area contributed by atoms with E-state index in [1.807, 2.05) is 42.5 Å². The smallest absolute Gasteiger partial charge is 0.170 e. The third kappa shape index (κ3) is 5.20. The average molecular weight is 450 g/mol. The Labute approximate surface area is 195 Å². The lowest BCUT2D eigenvalue weighted by atomic mass is 9.79. The molecular formula is C29H34FOS+. The van der Waals surface area contributed by atoms with Crippen molar-refractivity contribution in [1.29, 1.82) is 0 Å². The van der Waals surface area contributed by atoms with Crippen LogP contribution in [-0.2, 0) is 10.9 Å². The zero-order valence-corrected chi connectivity index (χ0v) is 20.0. The maximum Gasteiger partial charge on any atom is 0.170 e. The van der Waals surface area contributed by atoms with Crippen LogP contribution < -0.4 is 4.74 Å². The molecule has 0 aromatic heterocycles. The van der Waals surface area contributed by atoms with Crippen LogP contribution in [-0.4, -0.2) is 5.60 Å². The number of halogens is 1. The molecule has 1 aliphatic carbocycles. The molecule has 1 nitrogen and oxygen atoms in total. The van der Waals surface area contributed by atoms with Gasteiger partial charge < -0.3 is 4.74 Å². The first-order chi connectivity index (χ1) is 15.6. The molecule has 3 heteroatoms. The Morgan fingerprint density at radius 1 is 0.719 bits per heavy atom. The van der Waals surface area contributed by atoms with Gasteiger partial charge in [0.15, 0.2) is 26.3 Å². The van der Waals surface area contributed by atoms with Gasteiger partial charge >= 0.3 is 0 Å². The summed E-state index contributed by atoms with van der Waals surface area (Å²) in [7, 11) is -0.360. The van der Waals surface area contributed by atoms with E-state index in [2.05, 4.69) is 44.2 Å². The van der Waals surface area contributed by atoms with Crippen LogP contribution in [0.2, 0.25) is 0 Å². The first kappa shape index (κ1) is 22.9. The van der Waals surface area contributed by atoms with Gasteiger partial charge in [-0.3, -0.25) is 0 Å². The van der Waals surface area contributed by atoms with Crippen LogP contribution in [0.5, 0.6) is 5.75 Å². The number of hydrogen-bond acceptors (Lipinski definition) is 1. The predicted molar refractivity (Wildman–Crippen MR) is 132 cm³/mol. The van der Waals surface area contributed by atoms with Gasteiger partial charge in [-0.1, -0.05) is 69.5 Å². The summed E-state index contributed by atoms with van der Waals surface area (Å²) in [5.41, 5.74) is -0.274. The summed E-state index contributed by atoms with van der Waals surface area (Å²) in [5, 5.41) is 0. The number of ether oxygens (including phenoxy) is 1. The molecular weight excluding hydrogens is 415 g/mol. The Bertz CT molecular complexity index is 939. The van der Waals surface area contributed by atoms with Crippen LogP contribution in [0.1, 0.15) is 58.8 Å². The number of rotatable bonds is 6. The van der Waals surface area contributed by atoms with Crippen LogP contribution in [0, 0.1) is 11.7 Å². The van der Waals surface area contributed by atoms with Gasteiger partial charge in [-0.05, 0) is 68.0 Å². The number of hydrogen-bond donors (Lipinski definition) is 0. The Morgan fingerprint density at radius 2 is 1.25 bits per heavy atom. The van der Waals surface area contributed by atoms with Gasteiger partial charge in [0.1, 0.15) is 5.60 Å². The first-order valence-corrected chi connectivity index (χ1v) is 13.1. The summed E-state index contributed by atoms with van der Waals surface area (Å²) in [6, 6.07) is 26.3. The molecule has 0 heterocycles. The SMILES string of the molecule is CC(C)C1(Oc2ccc([S+](c3ccccc3)c3ccccc3)cc2F)CCCCCCC1. The summed E-state index contributed by atoms with van der Waals surface area (Å²) in [4.78, 5) is 3.35. The fourth-order valence-electron chi connectivity index (χ4n) is 4.73. The van der Waals surface area contributed by atoms with Crippen LogP contribution in [0.3, 0.4) is 0 Å². The van der Waals surface area contributed by atoms with E-state index in [-0.39, 0.29) is 22.3 Å². The summed E-state index contributed by atoms with van der Waals surface area (Å²) in [6.07, 6.45) is 8.12. The predicted octanol–water partition coefficient (Wildman–Crippen LogP) is 8.44. The molecule has 0 amide bonds. The zero-order valence-electron chi connectivity index (χ0n) is 19.2. The largest absolute Gasteiger partial charge is 0.484 e. The molecule has 0 bridgehead atoms. The van der Waals surface area contributed by atoms with Crippen molar-refractivity contribution < 1.29 is 9.13 Å². The standard InChI is InChI=1S/C29H34FOS/c1-23(2)29(20-12-4-3-5-13-21-29)31-28-19-18-26(22-27(28)30)32(24-14-8-6-9-15-24)25-16-10-7-11-17-25/h6-11,14-19,22-23H,3-5,12-13,20-21H2,1-2H3/q+1. The molecule has 0 unspecified atom stereocenters. The lowest BCUT2D eigenvalue weighted by Crippen LogP contribution is -2.42. The second-order valence-corrected chi connectivity index (χ2v) is 11.1. The van der Waals surface area contributed by atoms with E-state index in [0.717, 1.165) is 30.6 Å². The Morgan fingerprint density at radius 3 is 1.75 bits per heavy atom. The van der Waals surface area contributed by atoms with Gasteiger partial charge in [0.25, 0.3) is 0 Å². The molecule has 3 aromatic rings. The summed E-state index contributed by atoms with van der Waals surface area (Å²) in [5.74, 6) is 0.490. The van der Waals surface area contributed by atoms with Crippen molar-refractivity contribution in [3.63, 3.8) is 0 Å². The van der Waals surface area contributed by atoms with E-state index in [4.69, 9.17) is 4.74 Å². The molecule has 0 N–H and O–H groups in total. The molecule has 1 aliphatic rings. The quantitative estimate of drug-likeness (QED) is 0.343. The minimum Gasteiger partial charge on any atom is -0.484 e. The lowest BCUT2D eigenvalue weighted by molar-refractivity contribution is -0.00572. The van der Waals surface area contributed by atoms with Gasteiger partial charge in [0.2, 0.25) is 0 Å². The van der Waals surface area contributed by atoms with E-state index in [9.17, 15) is 0 Å². The molecule has 1 saturated carbocycles. The van der Waals surface area contributed by atoms with Gasteiger partial charge in [0, 0.05) is 6.07 Å². The normalized spacial score (nSPS) is 16.5. The van der Waals surface area contributed by atoms with Crippen LogP contribution >= 0.6 is 0 Å². The third-order valence-corrected chi connectivity index (χ3v) is 8.87. The van der Waals surface area contributed by atoms with Crippen molar-refractivity contribution in [2.75, 3.05) is 0 Å². The molecule has 168 valence electrons. The molecule has 0 radical (unpaired) electrons. The van der Waals surface area contributed by atoms with Crippen LogP contribution in [0.15, 0.2) is 93.5 Å². The Hall–Kier alpha value is -2.26. The average Bonchev–Trinajstić information content (AvgIpc) is 2.79. The highest BCUT2D eigenvalue weighted by Crippen LogP contribution is 2.39. The Balaban J connectivity index is 1.67. The van der Waals surface area contributed by atoms with Crippen molar-refractivity contribution in [2.45, 2.75) is 79.1 Å². The highest BCUT2D eigenvalue weighted by atomic mass is 32.2. The lowest BCUT2D eigenvalue weighted by Gasteiger charge is -2.39. The maximum absolute atomic E-state index is 15.5. The molecule has 4 rings (SSSR count). The second-order valence-electron chi connectivity index (χ2n) is 9.11. The van der Waals surface area contributed by atoms with E-state index >= 15 is 4.39 Å². The zero-order chi connectivity index (χ0) is 22.4. The molecule has 0 atom stereocenters. The topological polar surface area (TPSA) is 9.23 Å². The summed E-state index contributed by atoms with van der Waals surface area (Å²) >= 11 is 0. The molecule has 0 saturated heterocycles. The van der Waals surface area contributed by atoms with E-state index in [1.165, 1.54) is 29.1 Å². The highest BCUT2D eigenvalue weighted by molar-refractivity contribution is 7.97. The van der Waals surface area contributed by atoms with Crippen molar-refractivity contribution in [2.24, 2.45) is 5.92 Å². The molecule has 3 aromatic carbocycles. The number of benzene rings is 3. The molecule has 32 heavy (non-hydrogen) atoms. The van der Waals surface area contributed by atoms with Crippen LogP contribution in [0.4, 0.5) is 4.39 Å². The minimum absolute atomic E-state index is 0.256. The first-order valence-electron chi connectivity index (χ1n) is 11.9. The van der Waals surface area contributed by atoms with E-state index in [1.54, 1.807) is 6.07 Å². The van der Waals surface area contributed by atoms with E-state index in [0.29, 0.717) is 11.7 Å². The molecule has 0 aliphatic heterocycles. The van der Waals surface area contributed by atoms with E-state index < -0.39 is 0 Å². The van der Waals surface area contributed by atoms with Crippen molar-refractivity contribution in [3.05, 3.63) is 84.7 Å². The van der Waals surface area contributed by atoms with Crippen molar-refractivity contribution in [3.8, 4) is 5.75 Å². The van der Waals surface area contributed by atoms with Gasteiger partial charge in [0.05, 0.1) is 10.9 Å². The van der Waals surface area contributed by atoms with Gasteiger partial charge in [-0.25, -0.2) is 4.39 Å². The molecule has 1 fully saturated rings. The minimum atomic E-state index is -0.360. The highest BCUT2D eigenvalue weighted by Gasteiger charge is 2.37. The summed E-state index contributed by atoms with van der Waals surface area (Å²) < 4.78 is 22.0. The fraction of sp³-hybridized carbons (Fsp3) is 0.379. The summed E-state index contributed by atoms with van der Waals surface area (Å²) in [6.45, 7) is 4.44. The Kier molecular flexibility index (Phi) is 7.57. The van der Waals surface area contributed by atoms with Gasteiger partial charge in [-0.2, -0.15) is 0 Å². The van der Waals surface area contributed by atoms with Crippen LogP contribution in [0.25, 0.3) is 0 Å².